The summed E-state index contributed by atoms with van der Waals surface area (Å²) in [5.41, 5.74) is 2.39. The highest BCUT2D eigenvalue weighted by molar-refractivity contribution is 6.34. The normalized spacial score (nSPS) is 24.2. The Labute approximate surface area is 229 Å². The number of para-hydroxylation sites is 2. The largest absolute Gasteiger partial charge is 0.352 e. The van der Waals surface area contributed by atoms with Gasteiger partial charge in [-0.1, -0.05) is 72.3 Å². The van der Waals surface area contributed by atoms with E-state index in [-0.39, 0.29) is 17.5 Å². The summed E-state index contributed by atoms with van der Waals surface area (Å²) in [6.45, 7) is 0. The van der Waals surface area contributed by atoms with Crippen molar-refractivity contribution in [1.29, 1.82) is 0 Å². The number of benzene rings is 3. The van der Waals surface area contributed by atoms with Gasteiger partial charge in [-0.3, -0.25) is 19.4 Å². The number of ketones is 2. The Kier molecular flexibility index (Phi) is 5.28. The first-order valence-electron chi connectivity index (χ1n) is 12.7. The van der Waals surface area contributed by atoms with Crippen molar-refractivity contribution in [1.82, 2.24) is 4.98 Å². The Morgan fingerprint density at radius 3 is 2.41 bits per heavy atom. The number of halogens is 1. The van der Waals surface area contributed by atoms with Crippen molar-refractivity contribution in [2.45, 2.75) is 17.5 Å². The van der Waals surface area contributed by atoms with Crippen LogP contribution in [0.2, 0.25) is 5.02 Å². The molecule has 7 rings (SSSR count). The van der Waals surface area contributed by atoms with Crippen LogP contribution in [-0.2, 0) is 10.2 Å². The molecule has 4 unspecified atom stereocenters. The van der Waals surface area contributed by atoms with Crippen molar-refractivity contribution in [2.24, 2.45) is 5.92 Å². The van der Waals surface area contributed by atoms with Gasteiger partial charge in [0.05, 0.1) is 17.0 Å². The highest BCUT2D eigenvalue weighted by atomic mass is 35.5. The molecule has 3 aliphatic rings. The van der Waals surface area contributed by atoms with Crippen LogP contribution in [-0.4, -0.2) is 34.5 Å². The van der Waals surface area contributed by atoms with Crippen LogP contribution in [0.25, 0.3) is 6.08 Å². The fourth-order valence-electron chi connectivity index (χ4n) is 6.64. The minimum atomic E-state index is -1.36. The van der Waals surface area contributed by atoms with Crippen molar-refractivity contribution < 1.29 is 14.4 Å². The Morgan fingerprint density at radius 2 is 1.59 bits per heavy atom. The van der Waals surface area contributed by atoms with E-state index < -0.39 is 23.4 Å². The highest BCUT2D eigenvalue weighted by Crippen LogP contribution is 2.58. The van der Waals surface area contributed by atoms with E-state index in [9.17, 15) is 14.4 Å². The van der Waals surface area contributed by atoms with Gasteiger partial charge in [-0.05, 0) is 47.5 Å². The van der Waals surface area contributed by atoms with Crippen LogP contribution in [0.3, 0.4) is 0 Å². The number of nitrogens with one attached hydrogen (secondary N) is 1. The number of hydrogen-bond acceptors (Lipinski definition) is 5. The molecule has 4 heterocycles. The topological polar surface area (TPSA) is 79.4 Å². The number of aromatic nitrogens is 1. The molecule has 190 valence electrons. The van der Waals surface area contributed by atoms with E-state index in [2.05, 4.69) is 10.3 Å². The summed E-state index contributed by atoms with van der Waals surface area (Å²) in [6, 6.07) is 23.7. The summed E-state index contributed by atoms with van der Waals surface area (Å²) in [5.74, 6) is -1.95. The van der Waals surface area contributed by atoms with Crippen LogP contribution in [0, 0.1) is 5.92 Å². The molecule has 3 aromatic carbocycles. The molecule has 0 bridgehead atoms. The molecule has 3 aliphatic heterocycles. The molecule has 4 aromatic rings. The van der Waals surface area contributed by atoms with Crippen molar-refractivity contribution in [3.05, 3.63) is 131 Å². The molecular formula is C32H22ClN3O3. The maximum absolute atomic E-state index is 14.6. The first-order chi connectivity index (χ1) is 19.0. The number of rotatable bonds is 4. The Hall–Kier alpha value is -4.55. The van der Waals surface area contributed by atoms with Crippen molar-refractivity contribution >= 4 is 46.5 Å². The van der Waals surface area contributed by atoms with Gasteiger partial charge in [0, 0.05) is 34.9 Å². The minimum Gasteiger partial charge on any atom is -0.352 e. The summed E-state index contributed by atoms with van der Waals surface area (Å²) < 4.78 is 0. The van der Waals surface area contributed by atoms with Crippen molar-refractivity contribution in [2.75, 3.05) is 10.2 Å². The van der Waals surface area contributed by atoms with Crippen molar-refractivity contribution in [3.63, 3.8) is 0 Å². The average molecular weight is 532 g/mol. The maximum Gasteiger partial charge on any atom is 0.238 e. The molecular weight excluding hydrogens is 510 g/mol. The van der Waals surface area contributed by atoms with Crippen LogP contribution < -0.4 is 10.2 Å². The molecule has 0 radical (unpaired) electrons. The third-order valence-electron chi connectivity index (χ3n) is 8.20. The molecule has 0 saturated carbocycles. The predicted molar refractivity (Wildman–Crippen MR) is 150 cm³/mol. The summed E-state index contributed by atoms with van der Waals surface area (Å²) in [7, 11) is 0. The van der Waals surface area contributed by atoms with Gasteiger partial charge in [-0.15, -0.1) is 0 Å². The number of pyridine rings is 1. The first-order valence-corrected chi connectivity index (χ1v) is 13.1. The average Bonchev–Trinajstić information content (AvgIpc) is 3.45. The van der Waals surface area contributed by atoms with Crippen LogP contribution >= 0.6 is 11.6 Å². The monoisotopic (exact) mass is 531 g/mol. The number of carbonyl (C=O) groups excluding carboxylic acids is 3. The second-order valence-corrected chi connectivity index (χ2v) is 10.4. The Morgan fingerprint density at radius 1 is 0.872 bits per heavy atom. The molecule has 1 spiro atoms. The van der Waals surface area contributed by atoms with Gasteiger partial charge in [-0.2, -0.15) is 0 Å². The number of Topliss-reactive ketones (excluding diaryl/α,β-unsaturated/α-hetero) is 2. The van der Waals surface area contributed by atoms with Crippen LogP contribution in [0.4, 0.5) is 11.4 Å². The van der Waals surface area contributed by atoms with Gasteiger partial charge >= 0.3 is 0 Å². The van der Waals surface area contributed by atoms with E-state index in [4.69, 9.17) is 11.6 Å². The fourth-order valence-corrected chi connectivity index (χ4v) is 6.86. The number of carbonyl (C=O) groups is 3. The summed E-state index contributed by atoms with van der Waals surface area (Å²) in [6.07, 6.45) is 7.02. The Balaban J connectivity index is 1.55. The Bertz CT molecular complexity index is 1700. The molecule has 7 heteroatoms. The standard InChI is InChI=1S/C32H22ClN3O3/c33-23-10-4-2-8-21(23)30(38)28-27(29(37)20-15-17-34-18-16-20)32(22-9-3-5-11-24(22)35-31(32)39)26-14-13-19-7-1-6-12-25(19)36(26)28/h1-18,26-28H,(H,35,39). The smallest absolute Gasteiger partial charge is 0.238 e. The number of nitrogens with zero attached hydrogens (tertiary/aromatic N) is 2. The van der Waals surface area contributed by atoms with Crippen molar-refractivity contribution in [3.8, 4) is 0 Å². The van der Waals surface area contributed by atoms with E-state index in [1.165, 1.54) is 0 Å². The van der Waals surface area contributed by atoms with Gasteiger partial charge in [-0.25, -0.2) is 0 Å². The maximum atomic E-state index is 14.6. The lowest BCUT2D eigenvalue weighted by molar-refractivity contribution is -0.121. The molecule has 1 amide bonds. The number of anilines is 2. The zero-order valence-corrected chi connectivity index (χ0v) is 21.4. The third-order valence-corrected chi connectivity index (χ3v) is 8.53. The molecule has 1 aromatic heterocycles. The van der Waals surface area contributed by atoms with Gasteiger partial charge < -0.3 is 10.2 Å². The van der Waals surface area contributed by atoms with Gasteiger partial charge in [0.1, 0.15) is 11.5 Å². The lowest BCUT2D eigenvalue weighted by Crippen LogP contribution is -2.51. The van der Waals surface area contributed by atoms with Gasteiger partial charge in [0.2, 0.25) is 5.91 Å². The summed E-state index contributed by atoms with van der Waals surface area (Å²) >= 11 is 6.55. The highest BCUT2D eigenvalue weighted by Gasteiger charge is 2.70. The molecule has 1 saturated heterocycles. The van der Waals surface area contributed by atoms with Gasteiger partial charge in [0.25, 0.3) is 0 Å². The van der Waals surface area contributed by atoms with E-state index in [0.717, 1.165) is 11.3 Å². The zero-order valence-electron chi connectivity index (χ0n) is 20.6. The zero-order chi connectivity index (χ0) is 26.7. The minimum absolute atomic E-state index is 0.296. The quantitative estimate of drug-likeness (QED) is 0.347. The van der Waals surface area contributed by atoms with E-state index in [1.807, 2.05) is 65.6 Å². The number of fused-ring (bicyclic) bond motifs is 6. The van der Waals surface area contributed by atoms with E-state index >= 15 is 0 Å². The molecule has 1 N–H and O–H groups in total. The SMILES string of the molecule is O=C(c1ccccc1Cl)C1C(C(=O)c2ccncc2)C2(C(=O)Nc3ccccc32)C2C=Cc3ccccc3N12. The van der Waals surface area contributed by atoms with E-state index in [1.54, 1.807) is 48.8 Å². The van der Waals surface area contributed by atoms with Crippen LogP contribution in [0.1, 0.15) is 31.8 Å². The molecule has 0 aliphatic carbocycles. The number of hydrogen-bond donors (Lipinski definition) is 1. The summed E-state index contributed by atoms with van der Waals surface area (Å²) in [4.78, 5) is 49.5. The fraction of sp³-hybridized carbons (Fsp3) is 0.125. The molecule has 39 heavy (non-hydrogen) atoms. The molecule has 1 fully saturated rings. The first kappa shape index (κ1) is 23.6. The van der Waals surface area contributed by atoms with Crippen LogP contribution in [0.5, 0.6) is 0 Å². The second-order valence-electron chi connectivity index (χ2n) is 10.0. The summed E-state index contributed by atoms with van der Waals surface area (Å²) in [5, 5.41) is 3.33. The molecule has 4 atom stereocenters. The number of amides is 1. The molecule has 6 nitrogen and oxygen atoms in total. The lowest BCUT2D eigenvalue weighted by atomic mass is 9.64. The van der Waals surface area contributed by atoms with E-state index in [0.29, 0.717) is 27.4 Å². The third kappa shape index (κ3) is 3.21. The van der Waals surface area contributed by atoms with Gasteiger partial charge in [0.15, 0.2) is 11.6 Å². The lowest BCUT2D eigenvalue weighted by Gasteiger charge is -2.37. The predicted octanol–water partition coefficient (Wildman–Crippen LogP) is 5.59. The van der Waals surface area contributed by atoms with Crippen LogP contribution in [0.15, 0.2) is 103 Å². The second kappa shape index (κ2) is 8.75.